The summed E-state index contributed by atoms with van der Waals surface area (Å²) in [5.74, 6) is 0.940. The second-order valence-electron chi connectivity index (χ2n) is 7.19. The standard InChI is InChI=1S/C22H20N4O2/c27-17-12-14-8-4-5-9-15(14)18(17)24-21-16-10-11-23-22(28)19(16)25-20(26-21)13-6-2-1-3-7-13/h1-9,17-18,27H,10-12H2,(H,23,28)(H,24,25,26)/t17-,18+/m0/s1. The van der Waals surface area contributed by atoms with Gasteiger partial charge in [-0.2, -0.15) is 0 Å². The molecule has 0 bridgehead atoms. The number of hydrogen-bond acceptors (Lipinski definition) is 5. The lowest BCUT2D eigenvalue weighted by atomic mass is 10.0. The van der Waals surface area contributed by atoms with E-state index in [2.05, 4.69) is 15.6 Å². The van der Waals surface area contributed by atoms with E-state index >= 15 is 0 Å². The van der Waals surface area contributed by atoms with Crippen LogP contribution in [-0.2, 0) is 12.8 Å². The molecule has 6 nitrogen and oxygen atoms in total. The maximum Gasteiger partial charge on any atom is 0.270 e. The fourth-order valence-electron chi connectivity index (χ4n) is 4.02. The van der Waals surface area contributed by atoms with Gasteiger partial charge in [-0.05, 0) is 17.5 Å². The Morgan fingerprint density at radius 3 is 2.68 bits per heavy atom. The van der Waals surface area contributed by atoms with Gasteiger partial charge < -0.3 is 15.7 Å². The number of aromatic nitrogens is 2. The lowest BCUT2D eigenvalue weighted by molar-refractivity contribution is 0.0940. The first kappa shape index (κ1) is 16.9. The smallest absolute Gasteiger partial charge is 0.270 e. The molecule has 0 unspecified atom stereocenters. The molecule has 2 aromatic carbocycles. The molecule has 28 heavy (non-hydrogen) atoms. The van der Waals surface area contributed by atoms with Crippen LogP contribution in [0.15, 0.2) is 54.6 Å². The summed E-state index contributed by atoms with van der Waals surface area (Å²) in [6.07, 6.45) is 0.719. The Hall–Kier alpha value is -3.25. The molecule has 3 aromatic rings. The van der Waals surface area contributed by atoms with E-state index < -0.39 is 6.10 Å². The molecular formula is C22H20N4O2. The minimum atomic E-state index is -0.541. The van der Waals surface area contributed by atoms with Gasteiger partial charge in [0.2, 0.25) is 0 Å². The molecular weight excluding hydrogens is 352 g/mol. The molecule has 2 aliphatic rings. The van der Waals surface area contributed by atoms with Crippen molar-refractivity contribution in [2.45, 2.75) is 25.0 Å². The van der Waals surface area contributed by atoms with E-state index in [-0.39, 0.29) is 11.9 Å². The average Bonchev–Trinajstić information content (AvgIpc) is 3.04. The van der Waals surface area contributed by atoms with Crippen LogP contribution in [0.3, 0.4) is 0 Å². The fraction of sp³-hybridized carbons (Fsp3) is 0.227. The number of carbonyl (C=O) groups is 1. The molecule has 3 N–H and O–H groups in total. The van der Waals surface area contributed by atoms with Gasteiger partial charge in [-0.1, -0.05) is 54.6 Å². The maximum absolute atomic E-state index is 12.4. The van der Waals surface area contributed by atoms with Gasteiger partial charge in [0.15, 0.2) is 5.82 Å². The highest BCUT2D eigenvalue weighted by Gasteiger charge is 2.33. The number of amides is 1. The number of hydrogen-bond donors (Lipinski definition) is 3. The number of nitrogens with zero attached hydrogens (tertiary/aromatic N) is 2. The minimum Gasteiger partial charge on any atom is -0.390 e. The zero-order valence-electron chi connectivity index (χ0n) is 15.2. The SMILES string of the molecule is O=C1NCCc2c(N[C@@H]3c4ccccc4C[C@@H]3O)nc(-c3ccccc3)nc21. The Bertz CT molecular complexity index is 1050. The van der Waals surface area contributed by atoms with E-state index in [4.69, 9.17) is 4.98 Å². The van der Waals surface area contributed by atoms with E-state index in [0.717, 1.165) is 22.3 Å². The first-order valence-corrected chi connectivity index (χ1v) is 9.47. The van der Waals surface area contributed by atoms with Gasteiger partial charge in [-0.25, -0.2) is 9.97 Å². The molecule has 1 aliphatic heterocycles. The number of benzene rings is 2. The second-order valence-corrected chi connectivity index (χ2v) is 7.19. The summed E-state index contributed by atoms with van der Waals surface area (Å²) >= 11 is 0. The summed E-state index contributed by atoms with van der Waals surface area (Å²) in [5, 5.41) is 16.9. The van der Waals surface area contributed by atoms with Crippen molar-refractivity contribution in [3.05, 3.63) is 77.0 Å². The number of fused-ring (bicyclic) bond motifs is 2. The quantitative estimate of drug-likeness (QED) is 0.658. The van der Waals surface area contributed by atoms with E-state index in [1.54, 1.807) is 0 Å². The summed E-state index contributed by atoms with van der Waals surface area (Å²) < 4.78 is 0. The molecule has 0 fully saturated rings. The van der Waals surface area contributed by atoms with E-state index in [9.17, 15) is 9.90 Å². The molecule has 1 amide bonds. The first-order chi connectivity index (χ1) is 13.7. The van der Waals surface area contributed by atoms with Crippen LogP contribution in [-0.4, -0.2) is 33.6 Å². The molecule has 0 radical (unpaired) electrons. The number of anilines is 1. The number of carbonyl (C=O) groups excluding carboxylic acids is 1. The topological polar surface area (TPSA) is 87.1 Å². The number of aliphatic hydroxyl groups excluding tert-OH is 1. The normalized spacial score (nSPS) is 20.2. The molecule has 0 spiro atoms. The Morgan fingerprint density at radius 1 is 1.04 bits per heavy atom. The molecule has 2 atom stereocenters. The van der Waals surface area contributed by atoms with Gasteiger partial charge in [-0.15, -0.1) is 0 Å². The Balaban J connectivity index is 1.61. The molecule has 1 aromatic heterocycles. The van der Waals surface area contributed by atoms with E-state index in [0.29, 0.717) is 36.7 Å². The number of nitrogens with one attached hydrogen (secondary N) is 2. The van der Waals surface area contributed by atoms with Crippen molar-refractivity contribution in [3.63, 3.8) is 0 Å². The molecule has 140 valence electrons. The Morgan fingerprint density at radius 2 is 1.82 bits per heavy atom. The van der Waals surface area contributed by atoms with Gasteiger partial charge in [0.1, 0.15) is 11.5 Å². The number of aliphatic hydroxyl groups is 1. The summed E-state index contributed by atoms with van der Waals surface area (Å²) in [6.45, 7) is 0.554. The van der Waals surface area contributed by atoms with Crippen molar-refractivity contribution in [3.8, 4) is 11.4 Å². The minimum absolute atomic E-state index is 0.184. The molecule has 0 saturated heterocycles. The lowest BCUT2D eigenvalue weighted by Gasteiger charge is -2.24. The Kier molecular flexibility index (Phi) is 4.06. The molecule has 6 heteroatoms. The predicted octanol–water partition coefficient (Wildman–Crippen LogP) is 2.50. The summed E-state index contributed by atoms with van der Waals surface area (Å²) in [5.41, 5.74) is 4.27. The van der Waals surface area contributed by atoms with E-state index in [1.165, 1.54) is 0 Å². The van der Waals surface area contributed by atoms with Crippen molar-refractivity contribution in [1.82, 2.24) is 15.3 Å². The highest BCUT2D eigenvalue weighted by atomic mass is 16.3. The van der Waals surface area contributed by atoms with Crippen LogP contribution in [0.1, 0.15) is 33.2 Å². The van der Waals surface area contributed by atoms with Crippen molar-refractivity contribution in [2.24, 2.45) is 0 Å². The lowest BCUT2D eigenvalue weighted by Crippen LogP contribution is -2.34. The van der Waals surface area contributed by atoms with Crippen molar-refractivity contribution >= 4 is 11.7 Å². The fourth-order valence-corrected chi connectivity index (χ4v) is 4.02. The summed E-state index contributed by atoms with van der Waals surface area (Å²) in [4.78, 5) is 21.7. The van der Waals surface area contributed by atoms with Crippen LogP contribution < -0.4 is 10.6 Å². The maximum atomic E-state index is 12.4. The van der Waals surface area contributed by atoms with Gasteiger partial charge >= 0.3 is 0 Å². The van der Waals surface area contributed by atoms with Crippen LogP contribution in [0.5, 0.6) is 0 Å². The average molecular weight is 372 g/mol. The zero-order chi connectivity index (χ0) is 19.1. The third-order valence-corrected chi connectivity index (χ3v) is 5.41. The first-order valence-electron chi connectivity index (χ1n) is 9.47. The highest BCUT2D eigenvalue weighted by Crippen LogP contribution is 2.35. The molecule has 1 aliphatic carbocycles. The third-order valence-electron chi connectivity index (χ3n) is 5.41. The monoisotopic (exact) mass is 372 g/mol. The van der Waals surface area contributed by atoms with Crippen LogP contribution >= 0.6 is 0 Å². The molecule has 5 rings (SSSR count). The highest BCUT2D eigenvalue weighted by molar-refractivity contribution is 5.96. The largest absolute Gasteiger partial charge is 0.390 e. The van der Waals surface area contributed by atoms with Gasteiger partial charge in [-0.3, -0.25) is 4.79 Å². The summed E-state index contributed by atoms with van der Waals surface area (Å²) in [6, 6.07) is 17.4. The second kappa shape index (κ2) is 6.73. The van der Waals surface area contributed by atoms with E-state index in [1.807, 2.05) is 54.6 Å². The van der Waals surface area contributed by atoms with Crippen molar-refractivity contribution in [2.75, 3.05) is 11.9 Å². The van der Waals surface area contributed by atoms with Gasteiger partial charge in [0, 0.05) is 24.1 Å². The van der Waals surface area contributed by atoms with Crippen LogP contribution in [0.4, 0.5) is 5.82 Å². The van der Waals surface area contributed by atoms with Crippen molar-refractivity contribution < 1.29 is 9.90 Å². The summed E-state index contributed by atoms with van der Waals surface area (Å²) in [7, 11) is 0. The van der Waals surface area contributed by atoms with Crippen LogP contribution in [0.2, 0.25) is 0 Å². The molecule has 2 heterocycles. The van der Waals surface area contributed by atoms with Crippen LogP contribution in [0.25, 0.3) is 11.4 Å². The van der Waals surface area contributed by atoms with Crippen molar-refractivity contribution in [1.29, 1.82) is 0 Å². The van der Waals surface area contributed by atoms with Crippen LogP contribution in [0, 0.1) is 0 Å². The number of rotatable bonds is 3. The Labute approximate surface area is 162 Å². The van der Waals surface area contributed by atoms with Gasteiger partial charge in [0.05, 0.1) is 12.1 Å². The molecule has 0 saturated carbocycles. The van der Waals surface area contributed by atoms with Gasteiger partial charge in [0.25, 0.3) is 5.91 Å². The predicted molar refractivity (Wildman–Crippen MR) is 106 cm³/mol. The zero-order valence-corrected chi connectivity index (χ0v) is 15.2. The third kappa shape index (κ3) is 2.82.